The molecule has 0 aliphatic heterocycles. The summed E-state index contributed by atoms with van der Waals surface area (Å²) in [5.41, 5.74) is -0.0959. The summed E-state index contributed by atoms with van der Waals surface area (Å²) in [6.07, 6.45) is 0. The summed E-state index contributed by atoms with van der Waals surface area (Å²) in [4.78, 5) is 25.8. The lowest BCUT2D eigenvalue weighted by molar-refractivity contribution is 0.0955. The van der Waals surface area contributed by atoms with Crippen molar-refractivity contribution >= 4 is 28.1 Å². The van der Waals surface area contributed by atoms with Gasteiger partial charge in [-0.15, -0.1) is 16.4 Å². The normalized spacial score (nSPS) is 10.9. The third-order valence-corrected chi connectivity index (χ3v) is 4.26. The molecule has 1 aromatic carbocycles. The summed E-state index contributed by atoms with van der Waals surface area (Å²) in [6, 6.07) is 7.39. The van der Waals surface area contributed by atoms with E-state index in [1.165, 1.54) is 23.5 Å². The summed E-state index contributed by atoms with van der Waals surface area (Å²) in [7, 11) is 0. The zero-order valence-corrected chi connectivity index (χ0v) is 13.1. The van der Waals surface area contributed by atoms with Gasteiger partial charge in [0, 0.05) is 11.4 Å². The molecule has 6 nitrogen and oxygen atoms in total. The van der Waals surface area contributed by atoms with Crippen LogP contribution in [0.4, 0.5) is 4.39 Å². The van der Waals surface area contributed by atoms with E-state index in [4.69, 9.17) is 0 Å². The molecule has 118 valence electrons. The molecule has 0 bridgehead atoms. The Labute approximate surface area is 134 Å². The van der Waals surface area contributed by atoms with Gasteiger partial charge in [-0.3, -0.25) is 9.59 Å². The van der Waals surface area contributed by atoms with E-state index in [1.807, 2.05) is 13.0 Å². The number of aromatic nitrogens is 3. The second kappa shape index (κ2) is 6.25. The van der Waals surface area contributed by atoms with Gasteiger partial charge in [-0.05, 0) is 37.3 Å². The van der Waals surface area contributed by atoms with Gasteiger partial charge in [0.25, 0.3) is 11.5 Å². The first-order chi connectivity index (χ1) is 11.0. The van der Waals surface area contributed by atoms with Crippen LogP contribution in [-0.2, 0) is 6.54 Å². The fourth-order valence-corrected chi connectivity index (χ4v) is 2.90. The number of nitrogens with one attached hydrogen (secondary N) is 1. The van der Waals surface area contributed by atoms with Crippen molar-refractivity contribution < 1.29 is 9.18 Å². The molecule has 3 rings (SSSR count). The van der Waals surface area contributed by atoms with Gasteiger partial charge in [-0.25, -0.2) is 9.07 Å². The molecule has 0 saturated carbocycles. The number of amides is 1. The van der Waals surface area contributed by atoms with Gasteiger partial charge in [0.1, 0.15) is 11.3 Å². The van der Waals surface area contributed by atoms with Crippen LogP contribution in [0.25, 0.3) is 10.9 Å². The second-order valence-electron chi connectivity index (χ2n) is 4.95. The number of halogens is 1. The van der Waals surface area contributed by atoms with Crippen molar-refractivity contribution in [3.8, 4) is 0 Å². The van der Waals surface area contributed by atoms with E-state index >= 15 is 0 Å². The fraction of sp³-hybridized carbons (Fsp3) is 0.200. The lowest BCUT2D eigenvalue weighted by Crippen LogP contribution is -2.32. The SMILES string of the molecule is Cc1ccc(C(=O)NCCn2nnc3ccc(F)cc3c2=O)s1. The first-order valence-corrected chi connectivity index (χ1v) is 7.74. The minimum atomic E-state index is -0.504. The molecule has 23 heavy (non-hydrogen) atoms. The minimum absolute atomic E-state index is 0.161. The van der Waals surface area contributed by atoms with E-state index in [2.05, 4.69) is 15.6 Å². The molecular weight excluding hydrogens is 319 g/mol. The maximum Gasteiger partial charge on any atom is 0.277 e. The average Bonchev–Trinajstić information content (AvgIpc) is 2.96. The largest absolute Gasteiger partial charge is 0.349 e. The topological polar surface area (TPSA) is 76.9 Å². The third kappa shape index (κ3) is 3.26. The molecule has 1 amide bonds. The number of nitrogens with zero attached hydrogens (tertiary/aromatic N) is 3. The first kappa shape index (κ1) is 15.3. The Morgan fingerprint density at radius 1 is 1.35 bits per heavy atom. The van der Waals surface area contributed by atoms with Crippen LogP contribution in [0.5, 0.6) is 0 Å². The van der Waals surface area contributed by atoms with Crippen LogP contribution in [0.1, 0.15) is 14.5 Å². The van der Waals surface area contributed by atoms with Crippen molar-refractivity contribution in [3.63, 3.8) is 0 Å². The lowest BCUT2D eigenvalue weighted by Gasteiger charge is -2.06. The Bertz CT molecular complexity index is 935. The number of thiophene rings is 1. The smallest absolute Gasteiger partial charge is 0.277 e. The summed E-state index contributed by atoms with van der Waals surface area (Å²) in [5.74, 6) is -0.702. The second-order valence-corrected chi connectivity index (χ2v) is 6.23. The van der Waals surface area contributed by atoms with Crippen LogP contribution >= 0.6 is 11.3 Å². The summed E-state index contributed by atoms with van der Waals surface area (Å²) in [5, 5.41) is 10.6. The van der Waals surface area contributed by atoms with Crippen LogP contribution in [0.3, 0.4) is 0 Å². The van der Waals surface area contributed by atoms with Crippen LogP contribution in [0.2, 0.25) is 0 Å². The van der Waals surface area contributed by atoms with Gasteiger partial charge in [0.2, 0.25) is 0 Å². The summed E-state index contributed by atoms with van der Waals surface area (Å²) < 4.78 is 14.4. The first-order valence-electron chi connectivity index (χ1n) is 6.92. The molecule has 0 fully saturated rings. The van der Waals surface area contributed by atoms with Crippen molar-refractivity contribution in [2.45, 2.75) is 13.5 Å². The number of rotatable bonds is 4. The van der Waals surface area contributed by atoms with Crippen molar-refractivity contribution in [1.82, 2.24) is 20.3 Å². The standard InChI is InChI=1S/C15H13FN4O2S/c1-9-2-5-13(23-9)14(21)17-6-7-20-15(22)11-8-10(16)3-4-12(11)18-19-20/h2-5,8H,6-7H2,1H3,(H,17,21). The van der Waals surface area contributed by atoms with E-state index in [0.29, 0.717) is 10.4 Å². The maximum atomic E-state index is 13.2. The molecule has 8 heteroatoms. The van der Waals surface area contributed by atoms with E-state index < -0.39 is 11.4 Å². The summed E-state index contributed by atoms with van der Waals surface area (Å²) in [6.45, 7) is 2.31. The molecule has 0 aliphatic rings. The third-order valence-electron chi connectivity index (χ3n) is 3.26. The number of hydrogen-bond donors (Lipinski definition) is 1. The minimum Gasteiger partial charge on any atom is -0.349 e. The van der Waals surface area contributed by atoms with Crippen LogP contribution in [0, 0.1) is 12.7 Å². The van der Waals surface area contributed by atoms with Gasteiger partial charge >= 0.3 is 0 Å². The molecule has 0 atom stereocenters. The van der Waals surface area contributed by atoms with Crippen LogP contribution < -0.4 is 10.9 Å². The Morgan fingerprint density at radius 3 is 2.91 bits per heavy atom. The molecule has 0 spiro atoms. The number of benzene rings is 1. The van der Waals surface area contributed by atoms with Gasteiger partial charge in [0.15, 0.2) is 0 Å². The predicted molar refractivity (Wildman–Crippen MR) is 85.1 cm³/mol. The van der Waals surface area contributed by atoms with E-state index in [9.17, 15) is 14.0 Å². The molecule has 0 aliphatic carbocycles. The molecule has 2 heterocycles. The number of fused-ring (bicyclic) bond motifs is 1. The molecule has 1 N–H and O–H groups in total. The van der Waals surface area contributed by atoms with Gasteiger partial charge in [0.05, 0.1) is 16.8 Å². The van der Waals surface area contributed by atoms with E-state index in [-0.39, 0.29) is 24.4 Å². The van der Waals surface area contributed by atoms with Crippen molar-refractivity contribution in [3.05, 3.63) is 56.3 Å². The van der Waals surface area contributed by atoms with E-state index in [0.717, 1.165) is 15.6 Å². The fourth-order valence-electron chi connectivity index (χ4n) is 2.11. The predicted octanol–water partition coefficient (Wildman–Crippen LogP) is 1.73. The highest BCUT2D eigenvalue weighted by molar-refractivity contribution is 7.13. The van der Waals surface area contributed by atoms with Gasteiger partial charge in [-0.1, -0.05) is 5.21 Å². The highest BCUT2D eigenvalue weighted by atomic mass is 32.1. The Hall–Kier alpha value is -2.61. The molecule has 0 unspecified atom stereocenters. The Morgan fingerprint density at radius 2 is 2.17 bits per heavy atom. The summed E-state index contributed by atoms with van der Waals surface area (Å²) >= 11 is 1.40. The zero-order valence-electron chi connectivity index (χ0n) is 12.2. The lowest BCUT2D eigenvalue weighted by atomic mass is 10.2. The Balaban J connectivity index is 1.71. The molecule has 0 saturated heterocycles. The molecule has 2 aromatic heterocycles. The quantitative estimate of drug-likeness (QED) is 0.789. The van der Waals surface area contributed by atoms with Gasteiger partial charge in [-0.2, -0.15) is 0 Å². The number of aryl methyl sites for hydroxylation is 1. The highest BCUT2D eigenvalue weighted by Crippen LogP contribution is 2.14. The van der Waals surface area contributed by atoms with Crippen molar-refractivity contribution in [2.75, 3.05) is 6.54 Å². The van der Waals surface area contributed by atoms with Gasteiger partial charge < -0.3 is 5.32 Å². The Kier molecular flexibility index (Phi) is 4.16. The molecule has 3 aromatic rings. The maximum absolute atomic E-state index is 13.2. The van der Waals surface area contributed by atoms with E-state index in [1.54, 1.807) is 6.07 Å². The van der Waals surface area contributed by atoms with Crippen molar-refractivity contribution in [1.29, 1.82) is 0 Å². The molecular formula is C15H13FN4O2S. The van der Waals surface area contributed by atoms with Crippen LogP contribution in [0.15, 0.2) is 35.1 Å². The highest BCUT2D eigenvalue weighted by Gasteiger charge is 2.09. The number of hydrogen-bond acceptors (Lipinski definition) is 5. The average molecular weight is 332 g/mol. The number of carbonyl (C=O) groups excluding carboxylic acids is 1. The zero-order chi connectivity index (χ0) is 16.4. The number of carbonyl (C=O) groups is 1. The monoisotopic (exact) mass is 332 g/mol. The molecule has 0 radical (unpaired) electrons. The van der Waals surface area contributed by atoms with Crippen LogP contribution in [-0.4, -0.2) is 27.4 Å². The van der Waals surface area contributed by atoms with Crippen molar-refractivity contribution in [2.24, 2.45) is 0 Å².